The van der Waals surface area contributed by atoms with E-state index >= 15 is 0 Å². The molecule has 1 aromatic rings. The normalized spacial score (nSPS) is 14.4. The van der Waals surface area contributed by atoms with Gasteiger partial charge in [-0.25, -0.2) is 14.0 Å². The van der Waals surface area contributed by atoms with Crippen LogP contribution in [-0.2, 0) is 10.0 Å². The maximum Gasteiger partial charge on any atom is 0.573 e. The van der Waals surface area contributed by atoms with Crippen molar-refractivity contribution in [2.45, 2.75) is 13.3 Å². The fraction of sp³-hybridized carbons (Fsp3) is 0.385. The smallest absolute Gasteiger partial charge is 0.403 e. The van der Waals surface area contributed by atoms with Crippen LogP contribution in [0, 0.1) is 0 Å². The minimum atomic E-state index is -5.10. The summed E-state index contributed by atoms with van der Waals surface area (Å²) in [6, 6.07) is 1.79. The Labute approximate surface area is 163 Å². The van der Waals surface area contributed by atoms with Gasteiger partial charge in [-0.15, -0.1) is 23.8 Å². The molecule has 1 aliphatic heterocycles. The highest BCUT2D eigenvalue weighted by Gasteiger charge is 2.35. The van der Waals surface area contributed by atoms with Crippen LogP contribution in [0.15, 0.2) is 17.2 Å². The van der Waals surface area contributed by atoms with Gasteiger partial charge in [-0.1, -0.05) is 11.6 Å². The van der Waals surface area contributed by atoms with Crippen molar-refractivity contribution >= 4 is 39.2 Å². The summed E-state index contributed by atoms with van der Waals surface area (Å²) in [7, 11) is -2.50. The molecule has 15 heteroatoms. The molecule has 2 rings (SSSR count). The Morgan fingerprint density at radius 3 is 2.54 bits per heavy atom. The summed E-state index contributed by atoms with van der Waals surface area (Å²) in [4.78, 5) is 12.5. The Morgan fingerprint density at radius 2 is 2.07 bits per heavy atom. The van der Waals surface area contributed by atoms with Crippen LogP contribution in [0.4, 0.5) is 18.9 Å². The van der Waals surface area contributed by atoms with Crippen LogP contribution in [0.1, 0.15) is 17.3 Å². The molecule has 0 aliphatic carbocycles. The first-order valence-corrected chi connectivity index (χ1v) is 9.77. The number of amides is 1. The van der Waals surface area contributed by atoms with Gasteiger partial charge in [0.25, 0.3) is 5.91 Å². The van der Waals surface area contributed by atoms with Gasteiger partial charge in [-0.05, 0) is 19.1 Å². The van der Waals surface area contributed by atoms with Gasteiger partial charge < -0.3 is 4.74 Å². The van der Waals surface area contributed by atoms with Gasteiger partial charge in [0.1, 0.15) is 5.69 Å². The van der Waals surface area contributed by atoms with Gasteiger partial charge in [0.2, 0.25) is 16.0 Å². The fourth-order valence-electron chi connectivity index (χ4n) is 2.28. The summed E-state index contributed by atoms with van der Waals surface area (Å²) >= 11 is 6.14. The molecule has 0 radical (unpaired) electrons. The Hall–Kier alpha value is -2.45. The molecule has 0 atom stereocenters. The maximum absolute atomic E-state index is 12.7. The molecule has 156 valence electrons. The van der Waals surface area contributed by atoms with E-state index in [0.29, 0.717) is 4.31 Å². The summed E-state index contributed by atoms with van der Waals surface area (Å²) < 4.78 is 66.8. The highest BCUT2D eigenvalue weighted by Crippen LogP contribution is 2.41. The molecule has 3 N–H and O–H groups in total. The molecular formula is C13H16ClF3N6O4S. The maximum atomic E-state index is 12.7. The molecule has 1 amide bonds. The summed E-state index contributed by atoms with van der Waals surface area (Å²) in [5.41, 5.74) is 4.02. The van der Waals surface area contributed by atoms with Gasteiger partial charge in [-0.2, -0.15) is 0 Å². The second kappa shape index (κ2) is 7.89. The molecule has 0 aromatic heterocycles. The Morgan fingerprint density at radius 1 is 1.43 bits per heavy atom. The molecule has 0 spiro atoms. The third kappa shape index (κ3) is 4.88. The minimum absolute atomic E-state index is 0.0497. The van der Waals surface area contributed by atoms with Gasteiger partial charge in [0, 0.05) is 13.6 Å². The van der Waals surface area contributed by atoms with Crippen molar-refractivity contribution < 1.29 is 31.1 Å². The SMILES string of the molecule is CCN(c1c(OC(F)(F)F)ccc(C(=O)NC2=NNNN2C)c1Cl)S(C)(=O)=O. The zero-order valence-electron chi connectivity index (χ0n) is 14.8. The van der Waals surface area contributed by atoms with Crippen LogP contribution in [0.25, 0.3) is 0 Å². The number of rotatable bonds is 5. The number of ether oxygens (including phenoxy) is 1. The van der Waals surface area contributed by atoms with Crippen molar-refractivity contribution in [2.75, 3.05) is 24.2 Å². The summed E-state index contributed by atoms with van der Waals surface area (Å²) in [6.07, 6.45) is -4.31. The molecule has 1 aliphatic rings. The number of alkyl halides is 3. The van der Waals surface area contributed by atoms with E-state index in [-0.39, 0.29) is 18.1 Å². The second-order valence-electron chi connectivity index (χ2n) is 5.42. The van der Waals surface area contributed by atoms with Gasteiger partial charge >= 0.3 is 6.36 Å². The van der Waals surface area contributed by atoms with E-state index in [1.165, 1.54) is 19.0 Å². The zero-order valence-corrected chi connectivity index (χ0v) is 16.3. The predicted molar refractivity (Wildman–Crippen MR) is 94.9 cm³/mol. The van der Waals surface area contributed by atoms with Crippen molar-refractivity contribution in [1.29, 1.82) is 0 Å². The van der Waals surface area contributed by atoms with Crippen LogP contribution in [0.2, 0.25) is 5.02 Å². The van der Waals surface area contributed by atoms with E-state index in [1.807, 2.05) is 0 Å². The molecule has 0 fully saturated rings. The van der Waals surface area contributed by atoms with Crippen molar-refractivity contribution in [1.82, 2.24) is 21.4 Å². The number of guanidine groups is 1. The Kier molecular flexibility index (Phi) is 6.15. The first kappa shape index (κ1) is 21.8. The number of hydrazone groups is 1. The average molecular weight is 445 g/mol. The molecular weight excluding hydrogens is 429 g/mol. The lowest BCUT2D eigenvalue weighted by molar-refractivity contribution is -0.274. The van der Waals surface area contributed by atoms with E-state index in [9.17, 15) is 26.4 Å². The van der Waals surface area contributed by atoms with Crippen LogP contribution < -0.4 is 25.4 Å². The number of anilines is 1. The zero-order chi connectivity index (χ0) is 21.3. The van der Waals surface area contributed by atoms with Crippen LogP contribution >= 0.6 is 11.6 Å². The first-order chi connectivity index (χ1) is 12.8. The Bertz CT molecular complexity index is 908. The van der Waals surface area contributed by atoms with Gasteiger partial charge in [0.15, 0.2) is 5.75 Å². The summed E-state index contributed by atoms with van der Waals surface area (Å²) in [5, 5.41) is 6.87. The third-order valence-electron chi connectivity index (χ3n) is 3.41. The molecule has 0 saturated carbocycles. The number of hydrogen-bond donors (Lipinski definition) is 3. The van der Waals surface area contributed by atoms with Gasteiger partial charge in [0.05, 0.1) is 16.8 Å². The molecule has 0 bridgehead atoms. The summed E-state index contributed by atoms with van der Waals surface area (Å²) in [5.74, 6) is -1.64. The highest BCUT2D eigenvalue weighted by molar-refractivity contribution is 7.92. The number of hydrogen-bond acceptors (Lipinski definition) is 8. The van der Waals surface area contributed by atoms with Gasteiger partial charge in [-0.3, -0.25) is 19.4 Å². The number of benzene rings is 1. The lowest BCUT2D eigenvalue weighted by atomic mass is 10.1. The molecule has 0 unspecified atom stereocenters. The molecule has 1 aromatic carbocycles. The quantitative estimate of drug-likeness (QED) is 0.620. The average Bonchev–Trinajstić information content (AvgIpc) is 2.93. The number of sulfonamides is 1. The molecule has 0 saturated heterocycles. The number of carbonyl (C=O) groups is 1. The van der Waals surface area contributed by atoms with E-state index in [2.05, 4.69) is 26.2 Å². The van der Waals surface area contributed by atoms with Crippen LogP contribution in [0.3, 0.4) is 0 Å². The standard InChI is InChI=1S/C13H16ClF3N6O4S/c1-4-23(28(3,25)26)10-8(27-13(15,16)17)6-5-7(9(10)14)11(24)18-12-19-20-21-22(12)2/h5-6,20-21H,4H2,1-3H3,(H,18,19,24). The lowest BCUT2D eigenvalue weighted by Gasteiger charge is -2.25. The highest BCUT2D eigenvalue weighted by atomic mass is 35.5. The fourth-order valence-corrected chi connectivity index (χ4v) is 3.66. The number of nitrogens with zero attached hydrogens (tertiary/aromatic N) is 3. The number of carbonyl (C=O) groups excluding carboxylic acids is 1. The van der Waals surface area contributed by atoms with Crippen LogP contribution in [0.5, 0.6) is 5.75 Å². The van der Waals surface area contributed by atoms with Crippen molar-refractivity contribution in [2.24, 2.45) is 5.10 Å². The van der Waals surface area contributed by atoms with Crippen molar-refractivity contribution in [3.63, 3.8) is 0 Å². The first-order valence-electron chi connectivity index (χ1n) is 7.54. The second-order valence-corrected chi connectivity index (χ2v) is 7.71. The van der Waals surface area contributed by atoms with E-state index in [4.69, 9.17) is 11.6 Å². The molecule has 1 heterocycles. The third-order valence-corrected chi connectivity index (χ3v) is 5.03. The number of halogens is 4. The number of hydrazine groups is 2. The van der Waals surface area contributed by atoms with Crippen molar-refractivity contribution in [3.05, 3.63) is 22.7 Å². The minimum Gasteiger partial charge on any atom is -0.403 e. The monoisotopic (exact) mass is 444 g/mol. The molecule has 10 nitrogen and oxygen atoms in total. The lowest BCUT2D eigenvalue weighted by Crippen LogP contribution is -2.45. The van der Waals surface area contributed by atoms with Crippen LogP contribution in [-0.4, -0.2) is 51.5 Å². The summed E-state index contributed by atoms with van der Waals surface area (Å²) in [6.45, 7) is 1.14. The topological polar surface area (TPSA) is 115 Å². The predicted octanol–water partition coefficient (Wildman–Crippen LogP) is 0.980. The largest absolute Gasteiger partial charge is 0.573 e. The van der Waals surface area contributed by atoms with Crippen molar-refractivity contribution in [3.8, 4) is 5.75 Å². The van der Waals surface area contributed by atoms with E-state index in [0.717, 1.165) is 18.4 Å². The van der Waals surface area contributed by atoms with E-state index < -0.39 is 38.8 Å². The Balaban J connectivity index is 2.55. The van der Waals surface area contributed by atoms with E-state index in [1.54, 1.807) is 0 Å². The number of nitrogens with one attached hydrogen (secondary N) is 3. The molecule has 28 heavy (non-hydrogen) atoms.